The van der Waals surface area contributed by atoms with E-state index in [1.807, 2.05) is 30.3 Å². The predicted octanol–water partition coefficient (Wildman–Crippen LogP) is 7.38. The van der Waals surface area contributed by atoms with Gasteiger partial charge in [0.25, 0.3) is 0 Å². The molecule has 0 aliphatic heterocycles. The minimum absolute atomic E-state index is 0.00382. The maximum Gasteiger partial charge on any atom is 0.167 e. The van der Waals surface area contributed by atoms with Crippen LogP contribution < -0.4 is 0 Å². The van der Waals surface area contributed by atoms with Crippen molar-refractivity contribution < 1.29 is 9.21 Å². The molecule has 0 saturated carbocycles. The number of fused-ring (bicyclic) bond motifs is 1. The summed E-state index contributed by atoms with van der Waals surface area (Å²) in [5.74, 6) is 2.04. The van der Waals surface area contributed by atoms with Crippen molar-refractivity contribution in [3.05, 3.63) is 125 Å². The van der Waals surface area contributed by atoms with Crippen molar-refractivity contribution in [2.45, 2.75) is 35.8 Å². The molecule has 0 saturated heterocycles. The first kappa shape index (κ1) is 19.9. The zero-order valence-electron chi connectivity index (χ0n) is 17.5. The first-order valence-electron chi connectivity index (χ1n) is 10.7. The Bertz CT molecular complexity index is 1190. The third-order valence-electron chi connectivity index (χ3n) is 5.96. The van der Waals surface area contributed by atoms with Crippen molar-refractivity contribution in [1.82, 2.24) is 0 Å². The standard InChI is InChI=1S/C28H24O2S/c1-19-10-8-9-15-27(19)31-28(21-13-6-3-7-14-21)26-18-23-24(29)16-22(17-25(23)30-26)20-11-4-2-5-12-20/h2-15,18,22,28H,16-17H2,1H3. The number of benzene rings is 3. The highest BCUT2D eigenvalue weighted by atomic mass is 32.2. The van der Waals surface area contributed by atoms with E-state index in [1.54, 1.807) is 11.8 Å². The van der Waals surface area contributed by atoms with Crippen molar-refractivity contribution in [2.75, 3.05) is 0 Å². The van der Waals surface area contributed by atoms with Crippen molar-refractivity contribution in [2.24, 2.45) is 0 Å². The molecule has 2 unspecified atom stereocenters. The van der Waals surface area contributed by atoms with Crippen LogP contribution in [0.1, 0.15) is 56.2 Å². The number of rotatable bonds is 5. The second-order valence-corrected chi connectivity index (χ2v) is 9.25. The van der Waals surface area contributed by atoms with Crippen LogP contribution in [0, 0.1) is 6.92 Å². The smallest absolute Gasteiger partial charge is 0.167 e. The Morgan fingerprint density at radius 3 is 2.29 bits per heavy atom. The Balaban J connectivity index is 1.51. The lowest BCUT2D eigenvalue weighted by molar-refractivity contribution is 0.0960. The first-order valence-corrected chi connectivity index (χ1v) is 11.5. The average molecular weight is 425 g/mol. The summed E-state index contributed by atoms with van der Waals surface area (Å²) >= 11 is 1.78. The molecule has 0 fully saturated rings. The fourth-order valence-corrected chi connectivity index (χ4v) is 5.48. The normalized spacial score (nSPS) is 16.7. The molecule has 0 spiro atoms. The van der Waals surface area contributed by atoms with Gasteiger partial charge in [0.05, 0.1) is 10.8 Å². The van der Waals surface area contributed by atoms with Gasteiger partial charge in [0.2, 0.25) is 0 Å². The fourth-order valence-electron chi connectivity index (χ4n) is 4.29. The van der Waals surface area contributed by atoms with Gasteiger partial charge in [-0.2, -0.15) is 0 Å². The van der Waals surface area contributed by atoms with Crippen LogP contribution in [-0.4, -0.2) is 5.78 Å². The van der Waals surface area contributed by atoms with Gasteiger partial charge in [-0.25, -0.2) is 0 Å². The van der Waals surface area contributed by atoms with Crippen LogP contribution in [0.15, 0.2) is 100 Å². The Kier molecular flexibility index (Phi) is 5.52. The van der Waals surface area contributed by atoms with Gasteiger partial charge in [-0.05, 0) is 41.7 Å². The van der Waals surface area contributed by atoms with Gasteiger partial charge in [-0.1, -0.05) is 78.9 Å². The Hall–Kier alpha value is -3.04. The number of carbonyl (C=O) groups is 1. The summed E-state index contributed by atoms with van der Waals surface area (Å²) in [6, 6.07) is 31.1. The Morgan fingerprint density at radius 2 is 1.55 bits per heavy atom. The lowest BCUT2D eigenvalue weighted by Crippen LogP contribution is -2.17. The summed E-state index contributed by atoms with van der Waals surface area (Å²) < 4.78 is 6.42. The fraction of sp³-hybridized carbons (Fsp3) is 0.179. The molecule has 31 heavy (non-hydrogen) atoms. The van der Waals surface area contributed by atoms with Crippen LogP contribution in [-0.2, 0) is 6.42 Å². The molecule has 4 aromatic rings. The molecule has 0 N–H and O–H groups in total. The molecule has 1 aliphatic rings. The van der Waals surface area contributed by atoms with Crippen LogP contribution in [0.4, 0.5) is 0 Å². The van der Waals surface area contributed by atoms with E-state index in [0.29, 0.717) is 6.42 Å². The molecule has 0 amide bonds. The quantitative estimate of drug-likeness (QED) is 0.313. The van der Waals surface area contributed by atoms with Gasteiger partial charge in [0.15, 0.2) is 5.78 Å². The number of thioether (sulfide) groups is 1. The zero-order valence-corrected chi connectivity index (χ0v) is 18.3. The molecule has 3 aromatic carbocycles. The molecular weight excluding hydrogens is 400 g/mol. The minimum Gasteiger partial charge on any atom is -0.464 e. The van der Waals surface area contributed by atoms with E-state index in [0.717, 1.165) is 23.5 Å². The van der Waals surface area contributed by atoms with Gasteiger partial charge >= 0.3 is 0 Å². The van der Waals surface area contributed by atoms with Crippen LogP contribution >= 0.6 is 11.8 Å². The maximum atomic E-state index is 13.0. The number of Topliss-reactive ketones (excluding diaryl/α,β-unsaturated/α-hetero) is 1. The summed E-state index contributed by atoms with van der Waals surface area (Å²) in [7, 11) is 0. The van der Waals surface area contributed by atoms with E-state index in [-0.39, 0.29) is 17.0 Å². The number of hydrogen-bond donors (Lipinski definition) is 0. The SMILES string of the molecule is Cc1ccccc1SC(c1ccccc1)c1cc2c(o1)CC(c1ccccc1)CC2=O. The molecule has 3 heteroatoms. The number of aryl methyl sites for hydroxylation is 1. The Labute approximate surface area is 187 Å². The predicted molar refractivity (Wildman–Crippen MR) is 126 cm³/mol. The highest BCUT2D eigenvalue weighted by molar-refractivity contribution is 7.99. The molecule has 1 heterocycles. The number of carbonyl (C=O) groups excluding carboxylic acids is 1. The van der Waals surface area contributed by atoms with Crippen molar-refractivity contribution in [3.8, 4) is 0 Å². The van der Waals surface area contributed by atoms with Gasteiger partial charge < -0.3 is 4.42 Å². The van der Waals surface area contributed by atoms with Crippen LogP contribution in [0.25, 0.3) is 0 Å². The van der Waals surface area contributed by atoms with Crippen LogP contribution in [0.5, 0.6) is 0 Å². The number of furan rings is 1. The number of hydrogen-bond acceptors (Lipinski definition) is 3. The molecule has 1 aromatic heterocycles. The molecule has 0 bridgehead atoms. The molecule has 2 nitrogen and oxygen atoms in total. The summed E-state index contributed by atoms with van der Waals surface area (Å²) in [6.07, 6.45) is 1.30. The van der Waals surface area contributed by atoms with E-state index in [9.17, 15) is 4.79 Å². The maximum absolute atomic E-state index is 13.0. The Morgan fingerprint density at radius 1 is 0.871 bits per heavy atom. The summed E-state index contributed by atoms with van der Waals surface area (Å²) in [5.41, 5.74) is 4.38. The summed E-state index contributed by atoms with van der Waals surface area (Å²) in [6.45, 7) is 2.13. The topological polar surface area (TPSA) is 30.2 Å². The van der Waals surface area contributed by atoms with Crippen molar-refractivity contribution in [3.63, 3.8) is 0 Å². The largest absolute Gasteiger partial charge is 0.464 e. The molecule has 0 radical (unpaired) electrons. The average Bonchev–Trinajstić information content (AvgIpc) is 3.24. The third-order valence-corrected chi connectivity index (χ3v) is 7.41. The van der Waals surface area contributed by atoms with E-state index >= 15 is 0 Å². The zero-order chi connectivity index (χ0) is 21.2. The van der Waals surface area contributed by atoms with Crippen molar-refractivity contribution in [1.29, 1.82) is 0 Å². The lowest BCUT2D eigenvalue weighted by atomic mass is 9.83. The van der Waals surface area contributed by atoms with E-state index in [4.69, 9.17) is 4.42 Å². The van der Waals surface area contributed by atoms with Gasteiger partial charge in [0.1, 0.15) is 11.5 Å². The molecule has 1 aliphatic carbocycles. The van der Waals surface area contributed by atoms with E-state index in [1.165, 1.54) is 21.6 Å². The lowest BCUT2D eigenvalue weighted by Gasteiger charge is -2.20. The molecule has 2 atom stereocenters. The molecule has 154 valence electrons. The van der Waals surface area contributed by atoms with Gasteiger partial charge in [0, 0.05) is 17.7 Å². The van der Waals surface area contributed by atoms with Crippen LogP contribution in [0.2, 0.25) is 0 Å². The third kappa shape index (κ3) is 4.11. The second kappa shape index (κ2) is 8.60. The van der Waals surface area contributed by atoms with E-state index in [2.05, 4.69) is 67.6 Å². The second-order valence-electron chi connectivity index (χ2n) is 8.10. The first-order chi connectivity index (χ1) is 15.2. The highest BCUT2D eigenvalue weighted by Crippen LogP contribution is 2.44. The number of ketones is 1. The minimum atomic E-state index is -0.00382. The van der Waals surface area contributed by atoms with Gasteiger partial charge in [-0.15, -0.1) is 11.8 Å². The summed E-state index contributed by atoms with van der Waals surface area (Å²) in [4.78, 5) is 14.2. The highest BCUT2D eigenvalue weighted by Gasteiger charge is 2.32. The molecule has 5 rings (SSSR count). The monoisotopic (exact) mass is 424 g/mol. The summed E-state index contributed by atoms with van der Waals surface area (Å²) in [5, 5.41) is -0.00382. The van der Waals surface area contributed by atoms with Crippen molar-refractivity contribution >= 4 is 17.5 Å². The van der Waals surface area contributed by atoms with Gasteiger partial charge in [-0.3, -0.25) is 4.79 Å². The van der Waals surface area contributed by atoms with E-state index < -0.39 is 0 Å². The van der Waals surface area contributed by atoms with Crippen LogP contribution in [0.3, 0.4) is 0 Å². The molecular formula is C28H24O2S.